The molecule has 0 saturated carbocycles. The largest absolute Gasteiger partial charge is 0.488 e. The molecule has 1 unspecified atom stereocenters. The van der Waals surface area contributed by atoms with E-state index in [0.29, 0.717) is 42.1 Å². The Hall–Kier alpha value is -1.58. The summed E-state index contributed by atoms with van der Waals surface area (Å²) in [5, 5.41) is 0. The number of ether oxygens (including phenoxy) is 3. The van der Waals surface area contributed by atoms with Gasteiger partial charge in [0.05, 0.1) is 11.8 Å². The predicted molar refractivity (Wildman–Crippen MR) is 71.4 cm³/mol. The van der Waals surface area contributed by atoms with Gasteiger partial charge in [-0.25, -0.2) is 0 Å². The third-order valence-electron chi connectivity index (χ3n) is 2.81. The minimum Gasteiger partial charge on any atom is -0.488 e. The molecule has 0 fully saturated rings. The van der Waals surface area contributed by atoms with E-state index in [-0.39, 0.29) is 6.10 Å². The van der Waals surface area contributed by atoms with Gasteiger partial charge >= 0.3 is 0 Å². The molecule has 1 aromatic carbocycles. The highest BCUT2D eigenvalue weighted by molar-refractivity contribution is 5.62. The Kier molecular flexibility index (Phi) is 3.84. The second-order valence-corrected chi connectivity index (χ2v) is 5.09. The van der Waals surface area contributed by atoms with Crippen molar-refractivity contribution in [3.05, 3.63) is 12.1 Å². The van der Waals surface area contributed by atoms with Crippen LogP contribution in [0.15, 0.2) is 12.1 Å². The van der Waals surface area contributed by atoms with Crippen molar-refractivity contribution in [1.29, 1.82) is 0 Å². The van der Waals surface area contributed by atoms with Crippen molar-refractivity contribution in [3.63, 3.8) is 0 Å². The molecule has 4 nitrogen and oxygen atoms in total. The molecular formula is C14H21NO3. The van der Waals surface area contributed by atoms with E-state index in [1.807, 2.05) is 6.07 Å². The quantitative estimate of drug-likeness (QED) is 0.836. The number of hydrogen-bond donors (Lipinski definition) is 1. The fourth-order valence-corrected chi connectivity index (χ4v) is 2.12. The highest BCUT2D eigenvalue weighted by Gasteiger charge is 2.17. The van der Waals surface area contributed by atoms with E-state index in [1.165, 1.54) is 0 Å². The molecule has 100 valence electrons. The van der Waals surface area contributed by atoms with Crippen LogP contribution in [0.3, 0.4) is 0 Å². The zero-order valence-electron chi connectivity index (χ0n) is 11.2. The van der Waals surface area contributed by atoms with Crippen LogP contribution in [-0.4, -0.2) is 19.3 Å². The highest BCUT2D eigenvalue weighted by atomic mass is 16.6. The smallest absolute Gasteiger partial charge is 0.165 e. The molecule has 1 atom stereocenters. The number of benzene rings is 1. The number of nitrogen functional groups attached to an aromatic ring is 1. The summed E-state index contributed by atoms with van der Waals surface area (Å²) in [5.74, 6) is 2.68. The zero-order chi connectivity index (χ0) is 13.1. The lowest BCUT2D eigenvalue weighted by Crippen LogP contribution is -2.18. The van der Waals surface area contributed by atoms with Gasteiger partial charge in [-0.1, -0.05) is 13.8 Å². The summed E-state index contributed by atoms with van der Waals surface area (Å²) in [6.07, 6.45) is 1.13. The Balaban J connectivity index is 2.13. The second-order valence-electron chi connectivity index (χ2n) is 5.09. The molecular weight excluding hydrogens is 230 g/mol. The van der Waals surface area contributed by atoms with E-state index in [4.69, 9.17) is 19.9 Å². The van der Waals surface area contributed by atoms with E-state index >= 15 is 0 Å². The van der Waals surface area contributed by atoms with Crippen molar-refractivity contribution in [1.82, 2.24) is 0 Å². The minimum atomic E-state index is 0.134. The van der Waals surface area contributed by atoms with Crippen LogP contribution in [0.25, 0.3) is 0 Å². The molecule has 4 heteroatoms. The van der Waals surface area contributed by atoms with E-state index in [9.17, 15) is 0 Å². The van der Waals surface area contributed by atoms with Crippen LogP contribution in [0.4, 0.5) is 5.69 Å². The maximum Gasteiger partial charge on any atom is 0.165 e. The molecule has 2 rings (SSSR count). The molecule has 0 bridgehead atoms. The minimum absolute atomic E-state index is 0.134. The van der Waals surface area contributed by atoms with Crippen LogP contribution in [0, 0.1) is 5.92 Å². The lowest BCUT2D eigenvalue weighted by atomic mass is 10.1. The van der Waals surface area contributed by atoms with Crippen molar-refractivity contribution in [2.24, 2.45) is 5.92 Å². The second kappa shape index (κ2) is 5.38. The van der Waals surface area contributed by atoms with Crippen LogP contribution < -0.4 is 19.9 Å². The number of hydrogen-bond acceptors (Lipinski definition) is 4. The lowest BCUT2D eigenvalue weighted by Gasteiger charge is -2.22. The van der Waals surface area contributed by atoms with Crippen molar-refractivity contribution in [2.75, 3.05) is 18.9 Å². The molecule has 1 heterocycles. The Bertz CT molecular complexity index is 418. The Labute approximate surface area is 108 Å². The van der Waals surface area contributed by atoms with E-state index in [2.05, 4.69) is 20.8 Å². The van der Waals surface area contributed by atoms with Gasteiger partial charge < -0.3 is 19.9 Å². The SMILES string of the molecule is CC(C)CC(C)Oc1cc2c(cc1N)OCCO2. The average Bonchev–Trinajstić information content (AvgIpc) is 2.29. The summed E-state index contributed by atoms with van der Waals surface area (Å²) in [6, 6.07) is 3.59. The first-order chi connectivity index (χ1) is 8.56. The molecule has 1 aromatic rings. The summed E-state index contributed by atoms with van der Waals surface area (Å²) in [5.41, 5.74) is 6.56. The molecule has 0 amide bonds. The molecule has 1 aliphatic heterocycles. The van der Waals surface area contributed by atoms with Crippen molar-refractivity contribution in [2.45, 2.75) is 33.3 Å². The van der Waals surface area contributed by atoms with Gasteiger partial charge in [-0.3, -0.25) is 0 Å². The molecule has 0 spiro atoms. The van der Waals surface area contributed by atoms with E-state index in [0.717, 1.165) is 6.42 Å². The van der Waals surface area contributed by atoms with Gasteiger partial charge in [0.15, 0.2) is 11.5 Å². The molecule has 1 aliphatic rings. The number of fused-ring (bicyclic) bond motifs is 1. The first-order valence-corrected chi connectivity index (χ1v) is 6.42. The van der Waals surface area contributed by atoms with Gasteiger partial charge in [0.25, 0.3) is 0 Å². The van der Waals surface area contributed by atoms with Crippen molar-refractivity contribution < 1.29 is 14.2 Å². The van der Waals surface area contributed by atoms with Crippen LogP contribution in [0.1, 0.15) is 27.2 Å². The number of rotatable bonds is 4. The van der Waals surface area contributed by atoms with Gasteiger partial charge in [-0.15, -0.1) is 0 Å². The summed E-state index contributed by atoms with van der Waals surface area (Å²) >= 11 is 0. The molecule has 2 N–H and O–H groups in total. The zero-order valence-corrected chi connectivity index (χ0v) is 11.2. The Morgan fingerprint density at radius 2 is 1.78 bits per heavy atom. The fourth-order valence-electron chi connectivity index (χ4n) is 2.12. The highest BCUT2D eigenvalue weighted by Crippen LogP contribution is 2.38. The van der Waals surface area contributed by atoms with Gasteiger partial charge in [0.1, 0.15) is 19.0 Å². The summed E-state index contributed by atoms with van der Waals surface area (Å²) in [7, 11) is 0. The van der Waals surface area contributed by atoms with Crippen molar-refractivity contribution in [3.8, 4) is 17.2 Å². The average molecular weight is 251 g/mol. The third-order valence-corrected chi connectivity index (χ3v) is 2.81. The van der Waals surface area contributed by atoms with Crippen molar-refractivity contribution >= 4 is 5.69 Å². The van der Waals surface area contributed by atoms with Crippen LogP contribution >= 0.6 is 0 Å². The topological polar surface area (TPSA) is 53.7 Å². The molecule has 0 aromatic heterocycles. The molecule has 18 heavy (non-hydrogen) atoms. The normalized spacial score (nSPS) is 15.6. The molecule has 0 radical (unpaired) electrons. The summed E-state index contributed by atoms with van der Waals surface area (Å²) < 4.78 is 16.9. The fraction of sp³-hybridized carbons (Fsp3) is 0.571. The standard InChI is InChI=1S/C14H21NO3/c1-9(2)6-10(3)18-12-8-14-13(7-11(12)15)16-4-5-17-14/h7-10H,4-6,15H2,1-3H3. The predicted octanol–water partition coefficient (Wildman–Crippen LogP) is 2.85. The first-order valence-electron chi connectivity index (χ1n) is 6.42. The maximum absolute atomic E-state index is 5.96. The summed E-state index contributed by atoms with van der Waals surface area (Å²) in [6.45, 7) is 7.53. The summed E-state index contributed by atoms with van der Waals surface area (Å²) in [4.78, 5) is 0. The maximum atomic E-state index is 5.96. The Morgan fingerprint density at radius 3 is 2.39 bits per heavy atom. The first kappa shape index (κ1) is 12.9. The third kappa shape index (κ3) is 3.00. The lowest BCUT2D eigenvalue weighted by molar-refractivity contribution is 0.166. The van der Waals surface area contributed by atoms with E-state index < -0.39 is 0 Å². The van der Waals surface area contributed by atoms with Gasteiger partial charge in [-0.2, -0.15) is 0 Å². The van der Waals surface area contributed by atoms with Gasteiger partial charge in [0.2, 0.25) is 0 Å². The Morgan fingerprint density at radius 1 is 1.17 bits per heavy atom. The van der Waals surface area contributed by atoms with Gasteiger partial charge in [0, 0.05) is 12.1 Å². The molecule has 0 saturated heterocycles. The number of nitrogens with two attached hydrogens (primary N) is 1. The van der Waals surface area contributed by atoms with Gasteiger partial charge in [-0.05, 0) is 19.3 Å². The van der Waals surface area contributed by atoms with Crippen LogP contribution in [0.2, 0.25) is 0 Å². The van der Waals surface area contributed by atoms with E-state index in [1.54, 1.807) is 6.07 Å². The number of anilines is 1. The monoisotopic (exact) mass is 251 g/mol. The van der Waals surface area contributed by atoms with Crippen LogP contribution in [0.5, 0.6) is 17.2 Å². The molecule has 0 aliphatic carbocycles. The van der Waals surface area contributed by atoms with Crippen LogP contribution in [-0.2, 0) is 0 Å².